The van der Waals surface area contributed by atoms with Crippen LogP contribution < -0.4 is 5.19 Å². The van der Waals surface area contributed by atoms with Gasteiger partial charge in [-0.3, -0.25) is 4.98 Å². The molecule has 1 aromatic heterocycles. The average Bonchev–Trinajstić information content (AvgIpc) is 2.14. The number of pyridine rings is 1. The van der Waals surface area contributed by atoms with E-state index >= 15 is 0 Å². The molecule has 0 amide bonds. The predicted octanol–water partition coefficient (Wildman–Crippen LogP) is 3.13. The van der Waals surface area contributed by atoms with E-state index in [-0.39, 0.29) is 0 Å². The highest BCUT2D eigenvalue weighted by Crippen LogP contribution is 2.13. The van der Waals surface area contributed by atoms with Crippen molar-refractivity contribution in [2.45, 2.75) is 26.6 Å². The molecule has 0 atom stereocenters. The van der Waals surface area contributed by atoms with Gasteiger partial charge in [-0.05, 0) is 29.3 Å². The molecule has 0 saturated carbocycles. The lowest BCUT2D eigenvalue weighted by Gasteiger charge is -2.19. The Bertz CT molecular complexity index is 399. The zero-order valence-electron chi connectivity index (χ0n) is 10.1. The van der Waals surface area contributed by atoms with Crippen molar-refractivity contribution in [3.8, 4) is 0 Å². The van der Waals surface area contributed by atoms with Crippen molar-refractivity contribution >= 4 is 18.8 Å². The zero-order valence-corrected chi connectivity index (χ0v) is 11.1. The molecular weight excluding hydrogens is 198 g/mol. The molecule has 15 heavy (non-hydrogen) atoms. The summed E-state index contributed by atoms with van der Waals surface area (Å²) >= 11 is 0. The molecule has 0 unspecified atom stereocenters. The molecule has 0 radical (unpaired) electrons. The third-order valence-corrected chi connectivity index (χ3v) is 4.63. The maximum atomic E-state index is 4.44. The molecular formula is C13H19NSi. The molecule has 0 aliphatic rings. The number of hydrogen-bond acceptors (Lipinski definition) is 1. The molecule has 1 nitrogen and oxygen atoms in total. The molecule has 1 heterocycles. The lowest BCUT2D eigenvalue weighted by Crippen LogP contribution is -2.39. The van der Waals surface area contributed by atoms with Crippen molar-refractivity contribution in [2.24, 2.45) is 0 Å². The SMILES string of the molecule is C=CC(=C)c1cc(C)c([Si](C)(C)C)cn1. The highest BCUT2D eigenvalue weighted by atomic mass is 28.3. The van der Waals surface area contributed by atoms with Gasteiger partial charge in [-0.25, -0.2) is 0 Å². The second-order valence-corrected chi connectivity index (χ2v) is 9.90. The molecule has 0 bridgehead atoms. The number of hydrogen-bond donors (Lipinski definition) is 0. The second kappa shape index (κ2) is 4.15. The van der Waals surface area contributed by atoms with Crippen LogP contribution in [-0.2, 0) is 0 Å². The van der Waals surface area contributed by atoms with Crippen LogP contribution in [0.2, 0.25) is 19.6 Å². The molecule has 1 rings (SSSR count). The van der Waals surface area contributed by atoms with E-state index in [1.165, 1.54) is 10.8 Å². The second-order valence-electron chi connectivity index (χ2n) is 4.86. The fraction of sp³-hybridized carbons (Fsp3) is 0.308. The fourth-order valence-electron chi connectivity index (χ4n) is 1.62. The Balaban J connectivity index is 3.20. The number of allylic oxidation sites excluding steroid dienone is 2. The molecule has 0 aliphatic carbocycles. The van der Waals surface area contributed by atoms with E-state index in [1.807, 2.05) is 6.20 Å². The summed E-state index contributed by atoms with van der Waals surface area (Å²) in [6.07, 6.45) is 3.75. The summed E-state index contributed by atoms with van der Waals surface area (Å²) in [4.78, 5) is 4.44. The van der Waals surface area contributed by atoms with Gasteiger partial charge in [0.05, 0.1) is 13.8 Å². The Labute approximate surface area is 93.6 Å². The summed E-state index contributed by atoms with van der Waals surface area (Å²) in [5.74, 6) is 0. The summed E-state index contributed by atoms with van der Waals surface area (Å²) in [6, 6.07) is 2.11. The van der Waals surface area contributed by atoms with Gasteiger partial charge in [0.25, 0.3) is 0 Å². The zero-order chi connectivity index (χ0) is 11.6. The summed E-state index contributed by atoms with van der Waals surface area (Å²) in [5, 5.41) is 1.42. The van der Waals surface area contributed by atoms with Crippen LogP contribution in [-0.4, -0.2) is 13.1 Å². The lowest BCUT2D eigenvalue weighted by molar-refractivity contribution is 1.26. The molecule has 0 spiro atoms. The normalized spacial score (nSPS) is 11.2. The Hall–Kier alpha value is -1.15. The van der Waals surface area contributed by atoms with Crippen LogP contribution in [0.3, 0.4) is 0 Å². The summed E-state index contributed by atoms with van der Waals surface area (Å²) in [7, 11) is -1.26. The Morgan fingerprint density at radius 2 is 2.00 bits per heavy atom. The van der Waals surface area contributed by atoms with E-state index in [4.69, 9.17) is 0 Å². The molecule has 0 N–H and O–H groups in total. The Kier molecular flexibility index (Phi) is 3.30. The van der Waals surface area contributed by atoms with Gasteiger partial charge in [-0.15, -0.1) is 0 Å². The van der Waals surface area contributed by atoms with Gasteiger partial charge in [0.2, 0.25) is 0 Å². The molecule has 0 aromatic carbocycles. The third-order valence-electron chi connectivity index (χ3n) is 2.49. The van der Waals surface area contributed by atoms with Crippen LogP contribution in [0.4, 0.5) is 0 Å². The van der Waals surface area contributed by atoms with Gasteiger partial charge in [-0.1, -0.05) is 38.9 Å². The highest BCUT2D eigenvalue weighted by Gasteiger charge is 2.19. The molecule has 0 saturated heterocycles. The van der Waals surface area contributed by atoms with Gasteiger partial charge in [0.1, 0.15) is 0 Å². The maximum Gasteiger partial charge on any atom is 0.0799 e. The summed E-state index contributed by atoms with van der Waals surface area (Å²) in [5.41, 5.74) is 3.15. The Morgan fingerprint density at radius 1 is 1.40 bits per heavy atom. The highest BCUT2D eigenvalue weighted by molar-refractivity contribution is 6.89. The number of aryl methyl sites for hydroxylation is 1. The topological polar surface area (TPSA) is 12.9 Å². The van der Waals surface area contributed by atoms with Crippen molar-refractivity contribution in [3.63, 3.8) is 0 Å². The molecule has 2 heteroatoms. The van der Waals surface area contributed by atoms with Crippen molar-refractivity contribution in [2.75, 3.05) is 0 Å². The minimum Gasteiger partial charge on any atom is -0.256 e. The van der Waals surface area contributed by atoms with E-state index in [9.17, 15) is 0 Å². The average molecular weight is 217 g/mol. The van der Waals surface area contributed by atoms with E-state index in [0.29, 0.717) is 0 Å². The minimum atomic E-state index is -1.26. The van der Waals surface area contributed by atoms with Crippen molar-refractivity contribution in [1.82, 2.24) is 4.98 Å². The van der Waals surface area contributed by atoms with Crippen LogP contribution >= 0.6 is 0 Å². The van der Waals surface area contributed by atoms with Crippen molar-refractivity contribution < 1.29 is 0 Å². The first-order valence-corrected chi connectivity index (χ1v) is 8.65. The summed E-state index contributed by atoms with van der Waals surface area (Å²) in [6.45, 7) is 16.8. The molecule has 80 valence electrons. The van der Waals surface area contributed by atoms with E-state index in [1.54, 1.807) is 6.08 Å². The Morgan fingerprint density at radius 3 is 2.40 bits per heavy atom. The van der Waals surface area contributed by atoms with E-state index in [0.717, 1.165) is 11.3 Å². The largest absolute Gasteiger partial charge is 0.256 e. The fourth-order valence-corrected chi connectivity index (χ4v) is 3.33. The van der Waals surface area contributed by atoms with Crippen LogP contribution in [0.5, 0.6) is 0 Å². The molecule has 0 fully saturated rings. The van der Waals surface area contributed by atoms with Gasteiger partial charge in [0, 0.05) is 6.20 Å². The number of rotatable bonds is 3. The van der Waals surface area contributed by atoms with Gasteiger partial charge in [-0.2, -0.15) is 0 Å². The van der Waals surface area contributed by atoms with Crippen molar-refractivity contribution in [3.05, 3.63) is 42.8 Å². The van der Waals surface area contributed by atoms with Gasteiger partial charge in [0.15, 0.2) is 0 Å². The van der Waals surface area contributed by atoms with E-state index < -0.39 is 8.07 Å². The quantitative estimate of drug-likeness (QED) is 0.560. The molecule has 0 aliphatic heterocycles. The van der Waals surface area contributed by atoms with Crippen molar-refractivity contribution in [1.29, 1.82) is 0 Å². The predicted molar refractivity (Wildman–Crippen MR) is 71.2 cm³/mol. The van der Waals surface area contributed by atoms with Gasteiger partial charge >= 0.3 is 0 Å². The lowest BCUT2D eigenvalue weighted by atomic mass is 10.1. The smallest absolute Gasteiger partial charge is 0.0799 e. The standard InChI is InChI=1S/C13H19NSi/c1-7-10(2)12-8-11(3)13(9-14-12)15(4,5)6/h7-9H,1-2H2,3-6H3. The first-order chi connectivity index (χ1) is 6.86. The minimum absolute atomic E-state index is 0.889. The van der Waals surface area contributed by atoms with Crippen LogP contribution in [0.1, 0.15) is 11.3 Å². The maximum absolute atomic E-state index is 4.44. The summed E-state index contributed by atoms with van der Waals surface area (Å²) < 4.78 is 0. The number of nitrogens with zero attached hydrogens (tertiary/aromatic N) is 1. The van der Waals surface area contributed by atoms with Gasteiger partial charge < -0.3 is 0 Å². The van der Waals surface area contributed by atoms with Crippen LogP contribution in [0.15, 0.2) is 31.5 Å². The first-order valence-electron chi connectivity index (χ1n) is 5.15. The number of aromatic nitrogens is 1. The van der Waals surface area contributed by atoms with Crippen LogP contribution in [0, 0.1) is 6.92 Å². The van der Waals surface area contributed by atoms with Crippen LogP contribution in [0.25, 0.3) is 5.57 Å². The monoisotopic (exact) mass is 217 g/mol. The third kappa shape index (κ3) is 2.66. The van der Waals surface area contributed by atoms with E-state index in [2.05, 4.69) is 50.8 Å². The molecule has 1 aromatic rings. The first kappa shape index (κ1) is 11.9.